The first-order chi connectivity index (χ1) is 15.0. The molecule has 2 aromatic heterocycles. The Morgan fingerprint density at radius 1 is 1.06 bits per heavy atom. The highest BCUT2D eigenvalue weighted by Crippen LogP contribution is 2.27. The number of nitrogens with one attached hydrogen (secondary N) is 1. The Bertz CT molecular complexity index is 1240. The number of rotatable bonds is 7. The number of ether oxygens (including phenoxy) is 2. The topological polar surface area (TPSA) is 90.9 Å². The SMILES string of the molecule is Cc1oc2cc(OC(C)C(=O)NCc3ccco3)ccc2c(=O)c1Oc1ccccc1. The number of hydrogen-bond donors (Lipinski definition) is 1. The van der Waals surface area contributed by atoms with Gasteiger partial charge in [0.2, 0.25) is 11.2 Å². The lowest BCUT2D eigenvalue weighted by Crippen LogP contribution is -2.35. The molecule has 4 aromatic rings. The summed E-state index contributed by atoms with van der Waals surface area (Å²) < 4.78 is 22.5. The molecule has 158 valence electrons. The highest BCUT2D eigenvalue weighted by molar-refractivity contribution is 5.82. The largest absolute Gasteiger partial charge is 0.481 e. The van der Waals surface area contributed by atoms with Gasteiger partial charge < -0.3 is 23.6 Å². The Labute approximate surface area is 178 Å². The van der Waals surface area contributed by atoms with E-state index < -0.39 is 6.10 Å². The fourth-order valence-corrected chi connectivity index (χ4v) is 3.05. The first kappa shape index (κ1) is 20.3. The van der Waals surface area contributed by atoms with Crippen molar-refractivity contribution in [1.82, 2.24) is 5.32 Å². The second-order valence-corrected chi connectivity index (χ2v) is 6.95. The van der Waals surface area contributed by atoms with Gasteiger partial charge in [-0.3, -0.25) is 9.59 Å². The summed E-state index contributed by atoms with van der Waals surface area (Å²) in [6.07, 6.45) is 0.795. The van der Waals surface area contributed by atoms with Crippen LogP contribution in [-0.4, -0.2) is 12.0 Å². The smallest absolute Gasteiger partial charge is 0.261 e. The van der Waals surface area contributed by atoms with Crippen LogP contribution in [0.2, 0.25) is 0 Å². The van der Waals surface area contributed by atoms with Crippen molar-refractivity contribution in [3.05, 3.63) is 88.7 Å². The first-order valence-corrected chi connectivity index (χ1v) is 9.78. The van der Waals surface area contributed by atoms with Crippen LogP contribution in [0.25, 0.3) is 11.0 Å². The van der Waals surface area contributed by atoms with Crippen molar-refractivity contribution >= 4 is 16.9 Å². The molecule has 1 atom stereocenters. The number of hydrogen-bond acceptors (Lipinski definition) is 6. The average molecular weight is 419 g/mol. The summed E-state index contributed by atoms with van der Waals surface area (Å²) in [4.78, 5) is 25.2. The molecule has 1 N–H and O–H groups in total. The highest BCUT2D eigenvalue weighted by atomic mass is 16.5. The van der Waals surface area contributed by atoms with E-state index in [9.17, 15) is 9.59 Å². The van der Waals surface area contributed by atoms with Gasteiger partial charge in [-0.2, -0.15) is 0 Å². The molecular weight excluding hydrogens is 398 g/mol. The Kier molecular flexibility index (Phi) is 5.75. The van der Waals surface area contributed by atoms with Gasteiger partial charge >= 0.3 is 0 Å². The van der Waals surface area contributed by atoms with Gasteiger partial charge in [0.15, 0.2) is 6.10 Å². The summed E-state index contributed by atoms with van der Waals surface area (Å²) in [6.45, 7) is 3.58. The minimum Gasteiger partial charge on any atom is -0.481 e. The second-order valence-electron chi connectivity index (χ2n) is 6.95. The lowest BCUT2D eigenvalue weighted by atomic mass is 10.2. The van der Waals surface area contributed by atoms with Crippen LogP contribution in [-0.2, 0) is 11.3 Å². The minimum absolute atomic E-state index is 0.137. The summed E-state index contributed by atoms with van der Waals surface area (Å²) in [7, 11) is 0. The van der Waals surface area contributed by atoms with E-state index >= 15 is 0 Å². The van der Waals surface area contributed by atoms with E-state index in [1.165, 1.54) is 0 Å². The molecule has 0 spiro atoms. The first-order valence-electron chi connectivity index (χ1n) is 9.78. The van der Waals surface area contributed by atoms with E-state index in [1.54, 1.807) is 62.6 Å². The third-order valence-corrected chi connectivity index (χ3v) is 4.65. The number of amides is 1. The van der Waals surface area contributed by atoms with E-state index in [4.69, 9.17) is 18.3 Å². The second kappa shape index (κ2) is 8.79. The van der Waals surface area contributed by atoms with E-state index in [0.29, 0.717) is 34.0 Å². The Hall–Kier alpha value is -4.00. The van der Waals surface area contributed by atoms with Gasteiger partial charge in [0.05, 0.1) is 18.2 Å². The van der Waals surface area contributed by atoms with Crippen molar-refractivity contribution in [2.45, 2.75) is 26.5 Å². The normalized spacial score (nSPS) is 11.8. The van der Waals surface area contributed by atoms with Crippen molar-refractivity contribution in [2.24, 2.45) is 0 Å². The molecule has 2 heterocycles. The maximum atomic E-state index is 12.9. The van der Waals surface area contributed by atoms with Gasteiger partial charge in [0.25, 0.3) is 5.91 Å². The molecule has 2 aromatic carbocycles. The molecule has 0 saturated carbocycles. The summed E-state index contributed by atoms with van der Waals surface area (Å²) in [6, 6.07) is 17.4. The monoisotopic (exact) mass is 419 g/mol. The molecule has 7 nitrogen and oxygen atoms in total. The maximum absolute atomic E-state index is 12.9. The fourth-order valence-electron chi connectivity index (χ4n) is 3.05. The van der Waals surface area contributed by atoms with Crippen LogP contribution in [0.3, 0.4) is 0 Å². The van der Waals surface area contributed by atoms with Crippen molar-refractivity contribution in [1.29, 1.82) is 0 Å². The third kappa shape index (κ3) is 4.61. The van der Waals surface area contributed by atoms with Crippen molar-refractivity contribution < 1.29 is 23.1 Å². The number of carbonyl (C=O) groups is 1. The van der Waals surface area contributed by atoms with E-state index in [-0.39, 0.29) is 23.6 Å². The standard InChI is InChI=1S/C24H21NO6/c1-15-23(31-17-7-4-3-5-8-17)22(26)20-11-10-18(13-21(20)30-15)29-16(2)24(27)25-14-19-9-6-12-28-19/h3-13,16H,14H2,1-2H3,(H,25,27). The van der Waals surface area contributed by atoms with Gasteiger partial charge in [0, 0.05) is 6.07 Å². The zero-order valence-electron chi connectivity index (χ0n) is 17.1. The molecule has 1 amide bonds. The maximum Gasteiger partial charge on any atom is 0.261 e. The van der Waals surface area contributed by atoms with Crippen LogP contribution >= 0.6 is 0 Å². The van der Waals surface area contributed by atoms with Crippen LogP contribution in [0.5, 0.6) is 17.2 Å². The third-order valence-electron chi connectivity index (χ3n) is 4.65. The predicted molar refractivity (Wildman–Crippen MR) is 114 cm³/mol. The lowest BCUT2D eigenvalue weighted by Gasteiger charge is -2.15. The number of aryl methyl sites for hydroxylation is 1. The summed E-state index contributed by atoms with van der Waals surface area (Å²) >= 11 is 0. The van der Waals surface area contributed by atoms with Gasteiger partial charge in [0.1, 0.15) is 28.6 Å². The van der Waals surface area contributed by atoms with Gasteiger partial charge in [-0.25, -0.2) is 0 Å². The lowest BCUT2D eigenvalue weighted by molar-refractivity contribution is -0.127. The molecule has 0 aliphatic rings. The van der Waals surface area contributed by atoms with Crippen molar-refractivity contribution in [3.8, 4) is 17.2 Å². The van der Waals surface area contributed by atoms with Gasteiger partial charge in [-0.05, 0) is 50.2 Å². The molecule has 1 unspecified atom stereocenters. The molecule has 4 rings (SSSR count). The molecule has 7 heteroatoms. The number of benzene rings is 2. The van der Waals surface area contributed by atoms with E-state index in [1.807, 2.05) is 18.2 Å². The molecule has 0 aliphatic carbocycles. The van der Waals surface area contributed by atoms with Crippen LogP contribution in [0.15, 0.2) is 80.6 Å². The van der Waals surface area contributed by atoms with Gasteiger partial charge in [-0.1, -0.05) is 18.2 Å². The van der Waals surface area contributed by atoms with Crippen LogP contribution in [0.1, 0.15) is 18.4 Å². The Morgan fingerprint density at radius 3 is 2.61 bits per heavy atom. The number of para-hydroxylation sites is 1. The van der Waals surface area contributed by atoms with Crippen LogP contribution < -0.4 is 20.2 Å². The molecule has 0 aliphatic heterocycles. The minimum atomic E-state index is -0.749. The molecular formula is C24H21NO6. The van der Waals surface area contributed by atoms with E-state index in [0.717, 1.165) is 0 Å². The van der Waals surface area contributed by atoms with Gasteiger partial charge in [-0.15, -0.1) is 0 Å². The number of carbonyl (C=O) groups excluding carboxylic acids is 1. The summed E-state index contributed by atoms with van der Waals surface area (Å²) in [5.41, 5.74) is 0.0713. The predicted octanol–water partition coefficient (Wildman–Crippen LogP) is 4.57. The van der Waals surface area contributed by atoms with Crippen LogP contribution in [0, 0.1) is 6.92 Å². The zero-order chi connectivity index (χ0) is 21.8. The van der Waals surface area contributed by atoms with Crippen LogP contribution in [0.4, 0.5) is 0 Å². The number of furan rings is 1. The molecule has 0 fully saturated rings. The highest BCUT2D eigenvalue weighted by Gasteiger charge is 2.18. The Balaban J connectivity index is 1.50. The van der Waals surface area contributed by atoms with Crippen molar-refractivity contribution in [3.63, 3.8) is 0 Å². The molecule has 0 saturated heterocycles. The number of fused-ring (bicyclic) bond motifs is 1. The fraction of sp³-hybridized carbons (Fsp3) is 0.167. The quantitative estimate of drug-likeness (QED) is 0.472. The zero-order valence-corrected chi connectivity index (χ0v) is 17.1. The average Bonchev–Trinajstić information content (AvgIpc) is 3.29. The van der Waals surface area contributed by atoms with Crippen molar-refractivity contribution in [2.75, 3.05) is 0 Å². The Morgan fingerprint density at radius 2 is 1.87 bits per heavy atom. The molecule has 31 heavy (non-hydrogen) atoms. The van der Waals surface area contributed by atoms with E-state index in [2.05, 4.69) is 5.32 Å². The molecule has 0 radical (unpaired) electrons. The molecule has 0 bridgehead atoms. The summed E-state index contributed by atoms with van der Waals surface area (Å²) in [5, 5.41) is 3.10. The summed E-state index contributed by atoms with van der Waals surface area (Å²) in [5.74, 6) is 1.80.